The zero-order chi connectivity index (χ0) is 22.4. The van der Waals surface area contributed by atoms with E-state index >= 15 is 0 Å². The summed E-state index contributed by atoms with van der Waals surface area (Å²) in [4.78, 5) is 2.30. The lowest BCUT2D eigenvalue weighted by Crippen LogP contribution is -2.20. The van der Waals surface area contributed by atoms with Crippen molar-refractivity contribution in [3.05, 3.63) is 36.4 Å². The van der Waals surface area contributed by atoms with Gasteiger partial charge in [-0.05, 0) is 57.2 Å². The van der Waals surface area contributed by atoms with Crippen LogP contribution >= 0.6 is 0 Å². The average molecular weight is 418 g/mol. The number of rotatable bonds is 11. The van der Waals surface area contributed by atoms with Crippen LogP contribution < -0.4 is 31.6 Å². The fraction of sp³-hybridized carbons (Fsp3) is 0.478. The second kappa shape index (κ2) is 14.2. The smallest absolute Gasteiger partial charge is 0.143 e. The fourth-order valence-corrected chi connectivity index (χ4v) is 2.65. The van der Waals surface area contributed by atoms with E-state index in [0.29, 0.717) is 11.4 Å². The molecule has 2 rings (SSSR count). The number of hydrogen-bond acceptors (Lipinski definition) is 7. The Kier molecular flexibility index (Phi) is 12.0. The zero-order valence-corrected chi connectivity index (χ0v) is 19.1. The number of benzene rings is 2. The molecule has 0 radical (unpaired) electrons. The summed E-state index contributed by atoms with van der Waals surface area (Å²) in [5.74, 6) is 1.45. The van der Waals surface area contributed by atoms with Crippen LogP contribution in [-0.4, -0.2) is 52.3 Å². The molecule has 0 saturated carbocycles. The lowest BCUT2D eigenvalue weighted by Gasteiger charge is -2.14. The molecular formula is C23H39N5O2. The van der Waals surface area contributed by atoms with Crippen molar-refractivity contribution < 1.29 is 9.47 Å². The van der Waals surface area contributed by atoms with Gasteiger partial charge in [0.25, 0.3) is 0 Å². The Morgan fingerprint density at radius 2 is 1.33 bits per heavy atom. The maximum Gasteiger partial charge on any atom is 0.143 e. The van der Waals surface area contributed by atoms with E-state index in [1.807, 2.05) is 36.4 Å². The number of hydrogen-bond donors (Lipinski definition) is 4. The van der Waals surface area contributed by atoms with Gasteiger partial charge in [0.15, 0.2) is 0 Å². The van der Waals surface area contributed by atoms with Gasteiger partial charge in [-0.15, -0.1) is 0 Å². The molecule has 0 spiro atoms. The number of ether oxygens (including phenoxy) is 2. The van der Waals surface area contributed by atoms with E-state index in [4.69, 9.17) is 20.9 Å². The van der Waals surface area contributed by atoms with E-state index in [-0.39, 0.29) is 0 Å². The number of methoxy groups -OCH3 is 2. The number of nitrogens with zero attached hydrogens (tertiary/aromatic N) is 1. The molecule has 2 aromatic rings. The van der Waals surface area contributed by atoms with Gasteiger partial charge in [0.2, 0.25) is 0 Å². The second-order valence-corrected chi connectivity index (χ2v) is 7.02. The minimum atomic E-state index is 0.670. The van der Waals surface area contributed by atoms with E-state index in [1.165, 1.54) is 0 Å². The van der Waals surface area contributed by atoms with E-state index in [2.05, 4.69) is 36.4 Å². The molecule has 2 aromatic carbocycles. The molecule has 0 amide bonds. The van der Waals surface area contributed by atoms with Gasteiger partial charge in [-0.2, -0.15) is 0 Å². The van der Waals surface area contributed by atoms with Crippen molar-refractivity contribution in [1.82, 2.24) is 4.90 Å². The molecule has 168 valence electrons. The van der Waals surface area contributed by atoms with Gasteiger partial charge >= 0.3 is 0 Å². The average Bonchev–Trinajstić information content (AvgIpc) is 2.77. The highest BCUT2D eigenvalue weighted by atomic mass is 16.5. The predicted octanol–water partition coefficient (Wildman–Crippen LogP) is 4.13. The van der Waals surface area contributed by atoms with Gasteiger partial charge in [0, 0.05) is 36.6 Å². The van der Waals surface area contributed by atoms with E-state index in [1.54, 1.807) is 14.2 Å². The van der Waals surface area contributed by atoms with Crippen LogP contribution in [0.15, 0.2) is 36.4 Å². The molecule has 0 aromatic heterocycles. The third-order valence-corrected chi connectivity index (χ3v) is 4.63. The number of nitrogens with two attached hydrogens (primary N) is 2. The van der Waals surface area contributed by atoms with E-state index in [9.17, 15) is 0 Å². The van der Waals surface area contributed by atoms with Crippen LogP contribution in [-0.2, 0) is 0 Å². The molecule has 7 nitrogen and oxygen atoms in total. The molecule has 0 fully saturated rings. The van der Waals surface area contributed by atoms with Gasteiger partial charge < -0.3 is 36.5 Å². The summed E-state index contributed by atoms with van der Waals surface area (Å²) in [6.07, 6.45) is 2.23. The second-order valence-electron chi connectivity index (χ2n) is 7.02. The van der Waals surface area contributed by atoms with Gasteiger partial charge in [0.05, 0.1) is 25.6 Å². The molecule has 0 saturated heterocycles. The van der Waals surface area contributed by atoms with Crippen LogP contribution in [0.25, 0.3) is 0 Å². The largest absolute Gasteiger partial charge is 0.495 e. The van der Waals surface area contributed by atoms with Crippen molar-refractivity contribution in [3.63, 3.8) is 0 Å². The zero-order valence-electron chi connectivity index (χ0n) is 19.1. The highest BCUT2D eigenvalue weighted by Gasteiger charge is 2.01. The molecule has 0 heterocycles. The van der Waals surface area contributed by atoms with Crippen LogP contribution in [0, 0.1) is 0 Å². The first-order chi connectivity index (χ1) is 14.4. The molecule has 0 bridgehead atoms. The predicted molar refractivity (Wildman–Crippen MR) is 130 cm³/mol. The van der Waals surface area contributed by atoms with Crippen LogP contribution in [0.5, 0.6) is 11.5 Å². The Hall–Kier alpha value is -2.80. The number of nitrogen functional groups attached to an aromatic ring is 2. The Morgan fingerprint density at radius 3 is 1.77 bits per heavy atom. The van der Waals surface area contributed by atoms with Crippen LogP contribution in [0.3, 0.4) is 0 Å². The number of nitrogens with one attached hydrogen (secondary N) is 2. The summed E-state index contributed by atoms with van der Waals surface area (Å²) in [5, 5.41) is 6.62. The first-order valence-corrected chi connectivity index (χ1v) is 10.5. The molecule has 0 aliphatic carbocycles. The third kappa shape index (κ3) is 9.13. The monoisotopic (exact) mass is 417 g/mol. The maximum absolute atomic E-state index is 5.75. The molecule has 0 aliphatic heterocycles. The molecule has 30 heavy (non-hydrogen) atoms. The van der Waals surface area contributed by atoms with Crippen molar-refractivity contribution in [1.29, 1.82) is 0 Å². The molecule has 0 aliphatic rings. The summed E-state index contributed by atoms with van der Waals surface area (Å²) in [6.45, 7) is 8.41. The summed E-state index contributed by atoms with van der Waals surface area (Å²) < 4.78 is 10.3. The number of anilines is 4. The van der Waals surface area contributed by atoms with Gasteiger partial charge in [-0.25, -0.2) is 0 Å². The Bertz CT molecular complexity index is 740. The standard InChI is InChI=1S/C13H23N3O.C10H16N2O/c1-4-16(2)9-5-8-15-11-6-7-12(14)13(10-11)17-3;1-3-6-12-8-4-5-9(11)10(7-8)13-2/h6-7,10,15H,4-5,8-9,14H2,1-3H3;4-5,7,12H,3,6,11H2,1-2H3. The summed E-state index contributed by atoms with van der Waals surface area (Å²) >= 11 is 0. The van der Waals surface area contributed by atoms with E-state index < -0.39 is 0 Å². The van der Waals surface area contributed by atoms with Crippen molar-refractivity contribution in [3.8, 4) is 11.5 Å². The highest BCUT2D eigenvalue weighted by Crippen LogP contribution is 2.25. The lowest BCUT2D eigenvalue weighted by molar-refractivity contribution is 0.351. The SMILES string of the molecule is CCCNc1ccc(N)c(OC)c1.CCN(C)CCCNc1ccc(N)c(OC)c1. The Labute approximate surface area is 181 Å². The van der Waals surface area contributed by atoms with Crippen molar-refractivity contribution in [2.45, 2.75) is 26.7 Å². The first-order valence-electron chi connectivity index (χ1n) is 10.5. The molecule has 6 N–H and O–H groups in total. The van der Waals surface area contributed by atoms with Gasteiger partial charge in [-0.3, -0.25) is 0 Å². The summed E-state index contributed by atoms with van der Waals surface area (Å²) in [6, 6.07) is 11.5. The first kappa shape index (κ1) is 25.2. The minimum Gasteiger partial charge on any atom is -0.495 e. The highest BCUT2D eigenvalue weighted by molar-refractivity contribution is 5.62. The quantitative estimate of drug-likeness (QED) is 0.322. The topological polar surface area (TPSA) is 97.8 Å². The van der Waals surface area contributed by atoms with E-state index in [0.717, 1.165) is 61.9 Å². The lowest BCUT2D eigenvalue weighted by atomic mass is 10.2. The minimum absolute atomic E-state index is 0.670. The summed E-state index contributed by atoms with van der Waals surface area (Å²) in [7, 11) is 5.38. The third-order valence-electron chi connectivity index (χ3n) is 4.63. The van der Waals surface area contributed by atoms with Crippen LogP contribution in [0.2, 0.25) is 0 Å². The maximum atomic E-state index is 5.75. The van der Waals surface area contributed by atoms with Gasteiger partial charge in [-0.1, -0.05) is 13.8 Å². The Morgan fingerprint density at radius 1 is 0.833 bits per heavy atom. The molecule has 0 unspecified atom stereocenters. The fourth-order valence-electron chi connectivity index (χ4n) is 2.65. The van der Waals surface area contributed by atoms with Crippen LogP contribution in [0.1, 0.15) is 26.7 Å². The van der Waals surface area contributed by atoms with Crippen molar-refractivity contribution in [2.75, 3.05) is 69.5 Å². The van der Waals surface area contributed by atoms with Crippen molar-refractivity contribution in [2.24, 2.45) is 0 Å². The Balaban J connectivity index is 0.000000311. The van der Waals surface area contributed by atoms with Crippen molar-refractivity contribution >= 4 is 22.7 Å². The summed E-state index contributed by atoms with van der Waals surface area (Å²) in [5.41, 5.74) is 14.9. The van der Waals surface area contributed by atoms with Gasteiger partial charge in [0.1, 0.15) is 11.5 Å². The molecule has 7 heteroatoms. The van der Waals surface area contributed by atoms with Crippen LogP contribution in [0.4, 0.5) is 22.7 Å². The normalized spacial score (nSPS) is 10.2. The molecular weight excluding hydrogens is 378 g/mol. The molecule has 0 atom stereocenters.